The minimum atomic E-state index is -0.479. The number of nitro benzene ring substituents is 1. The van der Waals surface area contributed by atoms with E-state index in [9.17, 15) is 20.0 Å². The van der Waals surface area contributed by atoms with E-state index >= 15 is 0 Å². The molecular weight excluding hydrogens is 346 g/mol. The first-order chi connectivity index (χ1) is 12.9. The molecule has 7 nitrogen and oxygen atoms in total. The van der Waals surface area contributed by atoms with E-state index in [2.05, 4.69) is 0 Å². The summed E-state index contributed by atoms with van der Waals surface area (Å²) >= 11 is 0. The number of aromatic hydroxyl groups is 1. The van der Waals surface area contributed by atoms with Crippen LogP contribution in [-0.4, -0.2) is 48.0 Å². The van der Waals surface area contributed by atoms with Crippen molar-refractivity contribution in [2.24, 2.45) is 0 Å². The molecule has 142 valence electrons. The van der Waals surface area contributed by atoms with Crippen LogP contribution < -0.4 is 4.90 Å². The van der Waals surface area contributed by atoms with Crippen LogP contribution in [0.1, 0.15) is 34.7 Å². The average molecular weight is 369 g/mol. The van der Waals surface area contributed by atoms with Crippen LogP contribution in [0.3, 0.4) is 0 Å². The number of carbonyl (C=O) groups excluding carboxylic acids is 1. The fraction of sp³-hybridized carbons (Fsp3) is 0.350. The molecule has 1 N–H and O–H groups in total. The number of benzene rings is 2. The second-order valence-electron chi connectivity index (χ2n) is 7.01. The third kappa shape index (κ3) is 4.02. The SMILES string of the molecule is CN(C)c1ccc([N+](=O)[O-])cc1C(=O)N1CCC(c2ccc(O)cc2)CC1. The summed E-state index contributed by atoms with van der Waals surface area (Å²) in [5.41, 5.74) is 2.11. The lowest BCUT2D eigenvalue weighted by atomic mass is 9.89. The van der Waals surface area contributed by atoms with Crippen LogP contribution in [0.4, 0.5) is 11.4 Å². The summed E-state index contributed by atoms with van der Waals surface area (Å²) in [6, 6.07) is 11.6. The molecule has 0 saturated carbocycles. The molecule has 27 heavy (non-hydrogen) atoms. The van der Waals surface area contributed by atoms with Gasteiger partial charge in [0.25, 0.3) is 11.6 Å². The molecule has 0 unspecified atom stereocenters. The van der Waals surface area contributed by atoms with Gasteiger partial charge >= 0.3 is 0 Å². The first kappa shape index (κ1) is 18.7. The summed E-state index contributed by atoms with van der Waals surface area (Å²) < 4.78 is 0. The highest BCUT2D eigenvalue weighted by molar-refractivity contribution is 6.00. The average Bonchev–Trinajstić information content (AvgIpc) is 2.67. The maximum Gasteiger partial charge on any atom is 0.270 e. The van der Waals surface area contributed by atoms with Crippen molar-refractivity contribution in [3.8, 4) is 5.75 Å². The fourth-order valence-electron chi connectivity index (χ4n) is 3.53. The maximum atomic E-state index is 13.0. The molecule has 0 radical (unpaired) electrons. The van der Waals surface area contributed by atoms with Crippen LogP contribution in [0, 0.1) is 10.1 Å². The second-order valence-corrected chi connectivity index (χ2v) is 7.01. The number of likely N-dealkylation sites (tertiary alicyclic amines) is 1. The summed E-state index contributed by atoms with van der Waals surface area (Å²) in [6.07, 6.45) is 1.64. The number of anilines is 1. The number of hydrogen-bond donors (Lipinski definition) is 1. The molecule has 1 fully saturated rings. The van der Waals surface area contributed by atoms with Gasteiger partial charge in [0.2, 0.25) is 0 Å². The number of phenolic OH excluding ortho intramolecular Hbond substituents is 1. The molecule has 3 rings (SSSR count). The zero-order valence-electron chi connectivity index (χ0n) is 15.5. The zero-order valence-corrected chi connectivity index (χ0v) is 15.5. The first-order valence-corrected chi connectivity index (χ1v) is 8.91. The number of hydrogen-bond acceptors (Lipinski definition) is 5. The van der Waals surface area contributed by atoms with Gasteiger partial charge in [-0.05, 0) is 42.5 Å². The molecule has 0 aromatic heterocycles. The molecule has 2 aromatic carbocycles. The number of amides is 1. The highest BCUT2D eigenvalue weighted by atomic mass is 16.6. The Kier molecular flexibility index (Phi) is 5.30. The Morgan fingerprint density at radius 3 is 2.33 bits per heavy atom. The van der Waals surface area contributed by atoms with Crippen molar-refractivity contribution in [3.05, 3.63) is 63.7 Å². The summed E-state index contributed by atoms with van der Waals surface area (Å²) in [5.74, 6) is 0.410. The summed E-state index contributed by atoms with van der Waals surface area (Å²) in [7, 11) is 3.63. The first-order valence-electron chi connectivity index (χ1n) is 8.91. The van der Waals surface area contributed by atoms with Gasteiger partial charge in [0.15, 0.2) is 0 Å². The highest BCUT2D eigenvalue weighted by Gasteiger charge is 2.27. The number of carbonyl (C=O) groups is 1. The van der Waals surface area contributed by atoms with E-state index in [-0.39, 0.29) is 17.3 Å². The predicted octanol–water partition coefficient (Wildman–Crippen LogP) is 3.39. The fourth-order valence-corrected chi connectivity index (χ4v) is 3.53. The molecule has 1 aliphatic rings. The van der Waals surface area contributed by atoms with Crippen molar-refractivity contribution in [2.75, 3.05) is 32.1 Å². The molecule has 2 aromatic rings. The molecule has 1 saturated heterocycles. The normalized spacial score (nSPS) is 14.8. The molecule has 1 aliphatic heterocycles. The van der Waals surface area contributed by atoms with Gasteiger partial charge in [-0.1, -0.05) is 12.1 Å². The Hall–Kier alpha value is -3.09. The Morgan fingerprint density at radius 1 is 1.15 bits per heavy atom. The van der Waals surface area contributed by atoms with Crippen molar-refractivity contribution < 1.29 is 14.8 Å². The van der Waals surface area contributed by atoms with Gasteiger partial charge in [0.1, 0.15) is 5.75 Å². The van der Waals surface area contributed by atoms with Gasteiger partial charge in [-0.2, -0.15) is 0 Å². The Labute approximate surface area is 158 Å². The Balaban J connectivity index is 1.76. The molecule has 7 heteroatoms. The van der Waals surface area contributed by atoms with Gasteiger partial charge in [-0.15, -0.1) is 0 Å². The van der Waals surface area contributed by atoms with Gasteiger partial charge < -0.3 is 14.9 Å². The van der Waals surface area contributed by atoms with E-state index in [1.165, 1.54) is 12.1 Å². The topological polar surface area (TPSA) is 86.9 Å². The van der Waals surface area contributed by atoms with Gasteiger partial charge in [0, 0.05) is 45.0 Å². The third-order valence-corrected chi connectivity index (χ3v) is 5.05. The van der Waals surface area contributed by atoms with E-state index in [4.69, 9.17) is 0 Å². The van der Waals surface area contributed by atoms with E-state index in [1.54, 1.807) is 28.0 Å². The van der Waals surface area contributed by atoms with Crippen LogP contribution in [0.15, 0.2) is 42.5 Å². The lowest BCUT2D eigenvalue weighted by Gasteiger charge is -2.33. The standard InChI is InChI=1S/C20H23N3O4/c1-21(2)19-8-5-16(23(26)27)13-18(19)20(25)22-11-9-15(10-12-22)14-3-6-17(24)7-4-14/h3-8,13,15,24H,9-12H2,1-2H3. The summed E-state index contributed by atoms with van der Waals surface area (Å²) in [4.78, 5) is 27.2. The van der Waals surface area contributed by atoms with Crippen molar-refractivity contribution in [2.45, 2.75) is 18.8 Å². The second kappa shape index (κ2) is 7.65. The molecule has 0 bridgehead atoms. The smallest absolute Gasteiger partial charge is 0.270 e. The van der Waals surface area contributed by atoms with E-state index in [0.29, 0.717) is 30.3 Å². The number of phenols is 1. The minimum absolute atomic E-state index is 0.0806. The number of rotatable bonds is 4. The third-order valence-electron chi connectivity index (χ3n) is 5.05. The van der Waals surface area contributed by atoms with Crippen molar-refractivity contribution >= 4 is 17.3 Å². The van der Waals surface area contributed by atoms with E-state index in [0.717, 1.165) is 18.4 Å². The highest BCUT2D eigenvalue weighted by Crippen LogP contribution is 2.31. The lowest BCUT2D eigenvalue weighted by molar-refractivity contribution is -0.384. The van der Waals surface area contributed by atoms with Crippen LogP contribution in [0.5, 0.6) is 5.75 Å². The van der Waals surface area contributed by atoms with Crippen LogP contribution in [0.2, 0.25) is 0 Å². The van der Waals surface area contributed by atoms with Gasteiger partial charge in [-0.3, -0.25) is 14.9 Å². The Bertz CT molecular complexity index is 841. The number of piperidine rings is 1. The molecule has 0 spiro atoms. The molecule has 1 amide bonds. The summed E-state index contributed by atoms with van der Waals surface area (Å²) in [6.45, 7) is 1.19. The van der Waals surface area contributed by atoms with Crippen LogP contribution >= 0.6 is 0 Å². The quantitative estimate of drug-likeness (QED) is 0.659. The summed E-state index contributed by atoms with van der Waals surface area (Å²) in [5, 5.41) is 20.5. The number of non-ortho nitro benzene ring substituents is 1. The van der Waals surface area contributed by atoms with Gasteiger partial charge in [0.05, 0.1) is 10.5 Å². The molecule has 0 aliphatic carbocycles. The zero-order chi connectivity index (χ0) is 19.6. The molecule has 1 heterocycles. The molecular formula is C20H23N3O4. The van der Waals surface area contributed by atoms with Crippen molar-refractivity contribution in [3.63, 3.8) is 0 Å². The Morgan fingerprint density at radius 2 is 1.78 bits per heavy atom. The van der Waals surface area contributed by atoms with Gasteiger partial charge in [-0.25, -0.2) is 0 Å². The van der Waals surface area contributed by atoms with E-state index < -0.39 is 4.92 Å². The number of nitrogens with zero attached hydrogens (tertiary/aromatic N) is 3. The van der Waals surface area contributed by atoms with Crippen LogP contribution in [0.25, 0.3) is 0 Å². The monoisotopic (exact) mass is 369 g/mol. The van der Waals surface area contributed by atoms with E-state index in [1.807, 2.05) is 26.2 Å². The largest absolute Gasteiger partial charge is 0.508 e. The molecule has 0 atom stereocenters. The lowest BCUT2D eigenvalue weighted by Crippen LogP contribution is -2.38. The number of nitro groups is 1. The minimum Gasteiger partial charge on any atom is -0.508 e. The van der Waals surface area contributed by atoms with Crippen LogP contribution in [-0.2, 0) is 0 Å². The predicted molar refractivity (Wildman–Crippen MR) is 103 cm³/mol. The maximum absolute atomic E-state index is 13.0. The van der Waals surface area contributed by atoms with Crippen molar-refractivity contribution in [1.29, 1.82) is 0 Å². The van der Waals surface area contributed by atoms with Crippen molar-refractivity contribution in [1.82, 2.24) is 4.90 Å².